The quantitative estimate of drug-likeness (QED) is 0.632. The first kappa shape index (κ1) is 22.4. The van der Waals surface area contributed by atoms with E-state index in [-0.39, 0.29) is 17.4 Å². The number of sulfonamides is 1. The highest BCUT2D eigenvalue weighted by Crippen LogP contribution is 2.28. The highest BCUT2D eigenvalue weighted by molar-refractivity contribution is 7.89. The molecule has 0 unspecified atom stereocenters. The maximum Gasteiger partial charge on any atom is 0.260 e. The van der Waals surface area contributed by atoms with Crippen molar-refractivity contribution in [2.24, 2.45) is 0 Å². The Balaban J connectivity index is 1.28. The summed E-state index contributed by atoms with van der Waals surface area (Å²) in [6.45, 7) is 3.70. The summed E-state index contributed by atoms with van der Waals surface area (Å²) >= 11 is 0. The zero-order valence-electron chi connectivity index (χ0n) is 18.3. The number of ether oxygens (including phenoxy) is 2. The molecule has 2 aromatic rings. The number of hydrogen-bond donors (Lipinski definition) is 0. The molecule has 2 heterocycles. The highest BCUT2D eigenvalue weighted by Gasteiger charge is 2.27. The van der Waals surface area contributed by atoms with Gasteiger partial charge >= 0.3 is 0 Å². The predicted molar refractivity (Wildman–Crippen MR) is 122 cm³/mol. The molecule has 0 radical (unpaired) electrons. The van der Waals surface area contributed by atoms with E-state index in [4.69, 9.17) is 9.47 Å². The van der Waals surface area contributed by atoms with E-state index >= 15 is 0 Å². The Morgan fingerprint density at radius 1 is 0.906 bits per heavy atom. The van der Waals surface area contributed by atoms with Gasteiger partial charge in [0.25, 0.3) is 5.91 Å². The van der Waals surface area contributed by atoms with Crippen LogP contribution in [0.5, 0.6) is 11.5 Å². The number of piperazine rings is 1. The minimum absolute atomic E-state index is 0.0765. The molecule has 2 fully saturated rings. The van der Waals surface area contributed by atoms with Gasteiger partial charge in [-0.05, 0) is 49.2 Å². The molecule has 2 aliphatic heterocycles. The van der Waals surface area contributed by atoms with E-state index in [1.807, 2.05) is 24.3 Å². The van der Waals surface area contributed by atoms with Crippen LogP contribution in [0.3, 0.4) is 0 Å². The van der Waals surface area contributed by atoms with E-state index in [1.165, 1.54) is 4.31 Å². The monoisotopic (exact) mass is 459 g/mol. The molecule has 9 heteroatoms. The molecule has 0 N–H and O–H groups in total. The first-order chi connectivity index (χ1) is 15.5. The number of carbonyl (C=O) groups is 1. The normalized spacial score (nSPS) is 17.4. The maximum atomic E-state index is 12.6. The zero-order chi connectivity index (χ0) is 22.6. The molecule has 0 aliphatic carbocycles. The fraction of sp³-hybridized carbons (Fsp3) is 0.435. The van der Waals surface area contributed by atoms with Gasteiger partial charge < -0.3 is 19.3 Å². The van der Waals surface area contributed by atoms with Crippen molar-refractivity contribution in [1.82, 2.24) is 9.21 Å². The van der Waals surface area contributed by atoms with Gasteiger partial charge in [-0.15, -0.1) is 0 Å². The molecule has 4 rings (SSSR count). The molecule has 172 valence electrons. The van der Waals surface area contributed by atoms with Gasteiger partial charge in [0.2, 0.25) is 10.0 Å². The molecule has 0 aromatic heterocycles. The van der Waals surface area contributed by atoms with Gasteiger partial charge in [-0.25, -0.2) is 8.42 Å². The van der Waals surface area contributed by atoms with Crippen LogP contribution in [0.15, 0.2) is 53.4 Å². The van der Waals surface area contributed by atoms with E-state index in [0.29, 0.717) is 31.9 Å². The van der Waals surface area contributed by atoms with Crippen LogP contribution in [0.1, 0.15) is 12.8 Å². The van der Waals surface area contributed by atoms with Gasteiger partial charge in [0.05, 0.1) is 17.7 Å². The summed E-state index contributed by atoms with van der Waals surface area (Å²) in [7, 11) is -1.79. The third kappa shape index (κ3) is 4.83. The van der Waals surface area contributed by atoms with Gasteiger partial charge in [-0.3, -0.25) is 4.79 Å². The lowest BCUT2D eigenvalue weighted by molar-refractivity contribution is -0.133. The number of carbonyl (C=O) groups excluding carboxylic acids is 1. The van der Waals surface area contributed by atoms with E-state index in [1.54, 1.807) is 36.3 Å². The Hall–Kier alpha value is -2.78. The lowest BCUT2D eigenvalue weighted by Gasteiger charge is -2.36. The number of nitrogens with zero attached hydrogens (tertiary/aromatic N) is 3. The molecular formula is C23H29N3O5S. The summed E-state index contributed by atoms with van der Waals surface area (Å²) in [5, 5.41) is 0. The smallest absolute Gasteiger partial charge is 0.260 e. The van der Waals surface area contributed by atoms with Crippen molar-refractivity contribution in [3.63, 3.8) is 0 Å². The van der Waals surface area contributed by atoms with Crippen molar-refractivity contribution in [3.05, 3.63) is 48.5 Å². The number of methoxy groups -OCH3 is 1. The van der Waals surface area contributed by atoms with Crippen LogP contribution in [0.25, 0.3) is 0 Å². The van der Waals surface area contributed by atoms with Crippen molar-refractivity contribution in [1.29, 1.82) is 0 Å². The van der Waals surface area contributed by atoms with Crippen molar-refractivity contribution in [3.8, 4) is 11.5 Å². The second-order valence-electron chi connectivity index (χ2n) is 7.91. The number of benzene rings is 2. The average Bonchev–Trinajstić information content (AvgIpc) is 3.39. The number of para-hydroxylation sites is 2. The largest absolute Gasteiger partial charge is 0.495 e. The minimum atomic E-state index is -3.45. The van der Waals surface area contributed by atoms with E-state index < -0.39 is 10.0 Å². The molecule has 2 aromatic carbocycles. The third-order valence-electron chi connectivity index (χ3n) is 5.95. The fourth-order valence-corrected chi connectivity index (χ4v) is 5.63. The maximum absolute atomic E-state index is 12.6. The Morgan fingerprint density at radius 3 is 2.22 bits per heavy atom. The first-order valence-electron chi connectivity index (χ1n) is 10.9. The van der Waals surface area contributed by atoms with Crippen LogP contribution in [0, 0.1) is 0 Å². The molecule has 0 spiro atoms. The van der Waals surface area contributed by atoms with Gasteiger partial charge in [0.1, 0.15) is 11.5 Å². The van der Waals surface area contributed by atoms with Crippen LogP contribution >= 0.6 is 0 Å². The molecular weight excluding hydrogens is 430 g/mol. The lowest BCUT2D eigenvalue weighted by atomic mass is 10.2. The van der Waals surface area contributed by atoms with Crippen molar-refractivity contribution in [2.75, 3.05) is 57.9 Å². The summed E-state index contributed by atoms with van der Waals surface area (Å²) in [4.78, 5) is 16.8. The Morgan fingerprint density at radius 2 is 1.56 bits per heavy atom. The van der Waals surface area contributed by atoms with Crippen LogP contribution in [0.2, 0.25) is 0 Å². The molecule has 32 heavy (non-hydrogen) atoms. The second kappa shape index (κ2) is 9.79. The average molecular weight is 460 g/mol. The number of anilines is 1. The van der Waals surface area contributed by atoms with Gasteiger partial charge in [-0.1, -0.05) is 12.1 Å². The standard InChI is InChI=1S/C23H29N3O5S/c1-30-22-7-3-2-6-21(22)24-14-16-25(17-15-24)23(27)18-31-19-8-10-20(11-9-19)32(28,29)26-12-4-5-13-26/h2-3,6-11H,4-5,12-18H2,1H3. The Kier molecular flexibility index (Phi) is 6.86. The molecule has 0 saturated carbocycles. The number of hydrogen-bond acceptors (Lipinski definition) is 6. The van der Waals surface area contributed by atoms with Crippen molar-refractivity contribution in [2.45, 2.75) is 17.7 Å². The molecule has 2 saturated heterocycles. The summed E-state index contributed by atoms with van der Waals surface area (Å²) in [6.07, 6.45) is 1.80. The summed E-state index contributed by atoms with van der Waals surface area (Å²) in [5.74, 6) is 1.22. The molecule has 0 bridgehead atoms. The molecule has 0 atom stereocenters. The van der Waals surface area contributed by atoms with Crippen molar-refractivity contribution < 1.29 is 22.7 Å². The fourth-order valence-electron chi connectivity index (χ4n) is 4.11. The predicted octanol–water partition coefficient (Wildman–Crippen LogP) is 2.21. The zero-order valence-corrected chi connectivity index (χ0v) is 19.1. The SMILES string of the molecule is COc1ccccc1N1CCN(C(=O)COc2ccc(S(=O)(=O)N3CCCC3)cc2)CC1. The molecule has 8 nitrogen and oxygen atoms in total. The second-order valence-corrected chi connectivity index (χ2v) is 9.85. The van der Waals surface area contributed by atoms with Gasteiger partial charge in [-0.2, -0.15) is 4.31 Å². The van der Waals surface area contributed by atoms with Crippen LogP contribution < -0.4 is 14.4 Å². The van der Waals surface area contributed by atoms with Crippen molar-refractivity contribution >= 4 is 21.6 Å². The molecule has 1 amide bonds. The highest BCUT2D eigenvalue weighted by atomic mass is 32.2. The van der Waals surface area contributed by atoms with Crippen LogP contribution in [-0.4, -0.2) is 76.5 Å². The minimum Gasteiger partial charge on any atom is -0.495 e. The summed E-state index contributed by atoms with van der Waals surface area (Å²) < 4.78 is 37.8. The lowest BCUT2D eigenvalue weighted by Crippen LogP contribution is -2.50. The number of rotatable bonds is 7. The van der Waals surface area contributed by atoms with E-state index in [9.17, 15) is 13.2 Å². The van der Waals surface area contributed by atoms with Gasteiger partial charge in [0.15, 0.2) is 6.61 Å². The third-order valence-corrected chi connectivity index (χ3v) is 7.86. The Bertz CT molecular complexity index is 1030. The Labute approximate surface area is 189 Å². The first-order valence-corrected chi connectivity index (χ1v) is 12.3. The van der Waals surface area contributed by atoms with Crippen LogP contribution in [-0.2, 0) is 14.8 Å². The van der Waals surface area contributed by atoms with E-state index in [2.05, 4.69) is 4.90 Å². The van der Waals surface area contributed by atoms with E-state index in [0.717, 1.165) is 37.4 Å². The van der Waals surface area contributed by atoms with Crippen LogP contribution in [0.4, 0.5) is 5.69 Å². The molecule has 2 aliphatic rings. The number of amides is 1. The topological polar surface area (TPSA) is 79.4 Å². The summed E-state index contributed by atoms with van der Waals surface area (Å²) in [6, 6.07) is 14.2. The van der Waals surface area contributed by atoms with Gasteiger partial charge in [0, 0.05) is 39.3 Å². The summed E-state index contributed by atoms with van der Waals surface area (Å²) in [5.41, 5.74) is 1.03.